The molecule has 0 radical (unpaired) electrons. The van der Waals surface area contributed by atoms with Crippen LogP contribution in [0.4, 0.5) is 5.69 Å². The van der Waals surface area contributed by atoms with E-state index in [-0.39, 0.29) is 18.4 Å². The molecule has 1 aromatic rings. The van der Waals surface area contributed by atoms with Crippen LogP contribution in [-0.2, 0) is 16.0 Å². The fourth-order valence-corrected chi connectivity index (χ4v) is 2.85. The minimum atomic E-state index is -0.902. The van der Waals surface area contributed by atoms with Crippen molar-refractivity contribution in [3.05, 3.63) is 29.8 Å². The van der Waals surface area contributed by atoms with Crippen LogP contribution in [0.25, 0.3) is 0 Å². The highest BCUT2D eigenvalue weighted by atomic mass is 16.4. The first-order chi connectivity index (χ1) is 10.5. The first-order valence-corrected chi connectivity index (χ1v) is 7.89. The number of para-hydroxylation sites is 1. The maximum Gasteiger partial charge on any atom is 0.320 e. The minimum Gasteiger partial charge on any atom is -0.480 e. The number of amides is 1. The number of hydrogen-bond acceptors (Lipinski definition) is 3. The van der Waals surface area contributed by atoms with Crippen molar-refractivity contribution in [2.45, 2.75) is 39.2 Å². The van der Waals surface area contributed by atoms with Gasteiger partial charge in [-0.15, -0.1) is 0 Å². The van der Waals surface area contributed by atoms with Crippen LogP contribution >= 0.6 is 0 Å². The highest BCUT2D eigenvalue weighted by molar-refractivity contribution is 5.96. The summed E-state index contributed by atoms with van der Waals surface area (Å²) in [4.78, 5) is 25.5. The molecular formula is C17H24N2O3. The highest BCUT2D eigenvalue weighted by Crippen LogP contribution is 2.26. The zero-order valence-electron chi connectivity index (χ0n) is 13.2. The van der Waals surface area contributed by atoms with Gasteiger partial charge in [-0.25, -0.2) is 0 Å². The molecule has 1 aliphatic heterocycles. The first-order valence-electron chi connectivity index (χ1n) is 7.89. The molecule has 0 spiro atoms. The van der Waals surface area contributed by atoms with Crippen LogP contribution in [0.15, 0.2) is 24.3 Å². The second-order valence-electron chi connectivity index (χ2n) is 5.86. The van der Waals surface area contributed by atoms with Gasteiger partial charge in [0.1, 0.15) is 6.04 Å². The van der Waals surface area contributed by atoms with Gasteiger partial charge in [-0.1, -0.05) is 38.5 Å². The van der Waals surface area contributed by atoms with E-state index in [9.17, 15) is 14.7 Å². The normalized spacial score (nSPS) is 16.7. The molecule has 2 N–H and O–H groups in total. The van der Waals surface area contributed by atoms with Crippen molar-refractivity contribution < 1.29 is 14.7 Å². The Morgan fingerprint density at radius 1 is 1.36 bits per heavy atom. The standard InChI is InChI=1S/C17H24N2O3/c1-3-12(2)16(17(21)22)18-11-15(20)19-10-6-8-13-7-4-5-9-14(13)19/h4-5,7,9,12,16,18H,3,6,8,10-11H2,1-2H3,(H,21,22)/t12-,16-/m0/s1. The average Bonchev–Trinajstić information content (AvgIpc) is 2.53. The van der Waals surface area contributed by atoms with Gasteiger partial charge in [0.25, 0.3) is 0 Å². The number of carboxylic acids is 1. The van der Waals surface area contributed by atoms with Gasteiger partial charge in [-0.05, 0) is 30.4 Å². The third kappa shape index (κ3) is 3.65. The van der Waals surface area contributed by atoms with Crippen LogP contribution in [0.2, 0.25) is 0 Å². The molecule has 5 heteroatoms. The van der Waals surface area contributed by atoms with Gasteiger partial charge in [0.15, 0.2) is 0 Å². The van der Waals surface area contributed by atoms with E-state index in [0.717, 1.165) is 24.9 Å². The van der Waals surface area contributed by atoms with Crippen molar-refractivity contribution in [3.8, 4) is 0 Å². The lowest BCUT2D eigenvalue weighted by Gasteiger charge is -2.30. The first kappa shape index (κ1) is 16.5. The number of benzene rings is 1. The summed E-state index contributed by atoms with van der Waals surface area (Å²) >= 11 is 0. The van der Waals surface area contributed by atoms with Gasteiger partial charge >= 0.3 is 5.97 Å². The van der Waals surface area contributed by atoms with Gasteiger partial charge in [0.2, 0.25) is 5.91 Å². The van der Waals surface area contributed by atoms with E-state index in [0.29, 0.717) is 6.54 Å². The number of anilines is 1. The Balaban J connectivity index is 2.03. The smallest absolute Gasteiger partial charge is 0.320 e. The molecule has 1 aliphatic rings. The zero-order valence-corrected chi connectivity index (χ0v) is 13.2. The molecule has 2 atom stereocenters. The molecule has 2 rings (SSSR count). The number of aryl methyl sites for hydroxylation is 1. The number of carbonyl (C=O) groups excluding carboxylic acids is 1. The molecule has 1 aromatic carbocycles. The van der Waals surface area contributed by atoms with E-state index in [4.69, 9.17) is 0 Å². The SMILES string of the molecule is CC[C@H](C)[C@H](NCC(=O)N1CCCc2ccccc21)C(=O)O. The number of hydrogen-bond donors (Lipinski definition) is 2. The van der Waals surface area contributed by atoms with Crippen molar-refractivity contribution in [3.63, 3.8) is 0 Å². The Morgan fingerprint density at radius 3 is 2.77 bits per heavy atom. The summed E-state index contributed by atoms with van der Waals surface area (Å²) in [6, 6.07) is 7.22. The van der Waals surface area contributed by atoms with E-state index < -0.39 is 12.0 Å². The summed E-state index contributed by atoms with van der Waals surface area (Å²) < 4.78 is 0. The molecule has 0 fully saturated rings. The molecule has 0 saturated carbocycles. The van der Waals surface area contributed by atoms with E-state index in [1.807, 2.05) is 38.1 Å². The number of aliphatic carboxylic acids is 1. The maximum absolute atomic E-state index is 12.5. The molecule has 22 heavy (non-hydrogen) atoms. The summed E-state index contributed by atoms with van der Waals surface area (Å²) in [6.45, 7) is 4.58. The molecule has 0 saturated heterocycles. The van der Waals surface area contributed by atoms with Crippen LogP contribution in [0.3, 0.4) is 0 Å². The largest absolute Gasteiger partial charge is 0.480 e. The van der Waals surface area contributed by atoms with Crippen molar-refractivity contribution in [1.29, 1.82) is 0 Å². The lowest BCUT2D eigenvalue weighted by Crippen LogP contribution is -2.48. The lowest BCUT2D eigenvalue weighted by atomic mass is 9.99. The van der Waals surface area contributed by atoms with Crippen molar-refractivity contribution in [2.75, 3.05) is 18.0 Å². The Labute approximate surface area is 131 Å². The maximum atomic E-state index is 12.5. The summed E-state index contributed by atoms with van der Waals surface area (Å²) in [5, 5.41) is 12.2. The second kappa shape index (κ2) is 7.40. The number of nitrogens with one attached hydrogen (secondary N) is 1. The highest BCUT2D eigenvalue weighted by Gasteiger charge is 2.26. The number of nitrogens with zero attached hydrogens (tertiary/aromatic N) is 1. The van der Waals surface area contributed by atoms with Crippen LogP contribution in [0, 0.1) is 5.92 Å². The molecular weight excluding hydrogens is 280 g/mol. The van der Waals surface area contributed by atoms with Gasteiger partial charge in [0.05, 0.1) is 6.54 Å². The molecule has 1 amide bonds. The van der Waals surface area contributed by atoms with Gasteiger partial charge in [-0.3, -0.25) is 14.9 Å². The van der Waals surface area contributed by atoms with Gasteiger partial charge in [0, 0.05) is 12.2 Å². The van der Waals surface area contributed by atoms with Crippen LogP contribution in [0.5, 0.6) is 0 Å². The number of carboxylic acid groups (broad SMARTS) is 1. The van der Waals surface area contributed by atoms with Crippen molar-refractivity contribution in [1.82, 2.24) is 5.32 Å². The third-order valence-electron chi connectivity index (χ3n) is 4.36. The predicted molar refractivity (Wildman–Crippen MR) is 86.0 cm³/mol. The number of rotatable bonds is 6. The Hall–Kier alpha value is -1.88. The molecule has 5 nitrogen and oxygen atoms in total. The Morgan fingerprint density at radius 2 is 2.09 bits per heavy atom. The molecule has 1 heterocycles. The minimum absolute atomic E-state index is 0.0149. The Bertz CT molecular complexity index is 544. The van der Waals surface area contributed by atoms with Crippen LogP contribution in [-0.4, -0.2) is 36.1 Å². The fourth-order valence-electron chi connectivity index (χ4n) is 2.85. The topological polar surface area (TPSA) is 69.6 Å². The van der Waals surface area contributed by atoms with Crippen molar-refractivity contribution >= 4 is 17.6 Å². The predicted octanol–water partition coefficient (Wildman–Crippen LogP) is 2.05. The molecule has 120 valence electrons. The quantitative estimate of drug-likeness (QED) is 0.844. The summed E-state index contributed by atoms with van der Waals surface area (Å²) in [5.74, 6) is -0.984. The van der Waals surface area contributed by atoms with Crippen molar-refractivity contribution in [2.24, 2.45) is 5.92 Å². The van der Waals surface area contributed by atoms with E-state index in [2.05, 4.69) is 5.32 Å². The molecule has 0 aromatic heterocycles. The monoisotopic (exact) mass is 304 g/mol. The fraction of sp³-hybridized carbons (Fsp3) is 0.529. The number of fused-ring (bicyclic) bond motifs is 1. The van der Waals surface area contributed by atoms with E-state index >= 15 is 0 Å². The zero-order chi connectivity index (χ0) is 16.1. The van der Waals surface area contributed by atoms with Crippen LogP contribution < -0.4 is 10.2 Å². The third-order valence-corrected chi connectivity index (χ3v) is 4.36. The second-order valence-corrected chi connectivity index (χ2v) is 5.86. The Kier molecular flexibility index (Phi) is 5.55. The van der Waals surface area contributed by atoms with Crippen LogP contribution in [0.1, 0.15) is 32.3 Å². The summed E-state index contributed by atoms with van der Waals surface area (Å²) in [6.07, 6.45) is 2.68. The molecule has 0 unspecified atom stereocenters. The summed E-state index contributed by atoms with van der Waals surface area (Å²) in [5.41, 5.74) is 2.13. The van der Waals surface area contributed by atoms with Gasteiger partial charge < -0.3 is 10.0 Å². The lowest BCUT2D eigenvalue weighted by molar-refractivity contribution is -0.140. The average molecular weight is 304 g/mol. The number of carbonyl (C=O) groups is 2. The molecule has 0 aliphatic carbocycles. The molecule has 0 bridgehead atoms. The van der Waals surface area contributed by atoms with E-state index in [1.54, 1.807) is 4.90 Å². The summed E-state index contributed by atoms with van der Waals surface area (Å²) in [7, 11) is 0. The van der Waals surface area contributed by atoms with Gasteiger partial charge in [-0.2, -0.15) is 0 Å². The van der Waals surface area contributed by atoms with E-state index in [1.165, 1.54) is 5.56 Å².